The lowest BCUT2D eigenvalue weighted by Crippen LogP contribution is -2.32. The summed E-state index contributed by atoms with van der Waals surface area (Å²) in [6, 6.07) is 20.8. The molecule has 3 aromatic rings. The fraction of sp³-hybridized carbons (Fsp3) is 0.231. The Hall–Kier alpha value is -3.87. The lowest BCUT2D eigenvalue weighted by atomic mass is 10.1. The Morgan fingerprint density at radius 2 is 1.61 bits per heavy atom. The van der Waals surface area contributed by atoms with E-state index < -0.39 is 5.92 Å². The largest absolute Gasteiger partial charge is 0.497 e. The van der Waals surface area contributed by atoms with E-state index in [9.17, 15) is 14.0 Å². The van der Waals surface area contributed by atoms with Crippen LogP contribution < -0.4 is 19.7 Å². The Kier molecular flexibility index (Phi) is 6.88. The molecule has 1 aliphatic rings. The van der Waals surface area contributed by atoms with Gasteiger partial charge in [-0.05, 0) is 59.7 Å². The fourth-order valence-electron chi connectivity index (χ4n) is 3.68. The number of ether oxygens (including phenoxy) is 2. The summed E-state index contributed by atoms with van der Waals surface area (Å²) in [4.78, 5) is 26.8. The van der Waals surface area contributed by atoms with Gasteiger partial charge in [-0.2, -0.15) is 0 Å². The fourth-order valence-corrected chi connectivity index (χ4v) is 3.68. The molecular weight excluding hydrogens is 423 g/mol. The first-order chi connectivity index (χ1) is 16.0. The van der Waals surface area contributed by atoms with Crippen LogP contribution >= 0.6 is 0 Å². The van der Waals surface area contributed by atoms with Crippen LogP contribution in [0.25, 0.3) is 0 Å². The van der Waals surface area contributed by atoms with Crippen molar-refractivity contribution < 1.29 is 23.5 Å². The molecule has 1 unspecified atom stereocenters. The molecule has 1 atom stereocenters. The number of nitrogens with zero attached hydrogens (tertiary/aromatic N) is 1. The summed E-state index contributed by atoms with van der Waals surface area (Å²) in [5.74, 6) is 0.495. The summed E-state index contributed by atoms with van der Waals surface area (Å²) in [6.45, 7) is 1.05. The predicted molar refractivity (Wildman–Crippen MR) is 122 cm³/mol. The third kappa shape index (κ3) is 5.68. The van der Waals surface area contributed by atoms with Gasteiger partial charge in [0.25, 0.3) is 0 Å². The smallest absolute Gasteiger partial charge is 0.227 e. The summed E-state index contributed by atoms with van der Waals surface area (Å²) in [5.41, 5.74) is 2.54. The molecule has 6 nitrogen and oxygen atoms in total. The van der Waals surface area contributed by atoms with Gasteiger partial charge in [0.2, 0.25) is 11.8 Å². The summed E-state index contributed by atoms with van der Waals surface area (Å²) in [7, 11) is 1.61. The Bertz CT molecular complexity index is 1100. The molecule has 170 valence electrons. The lowest BCUT2D eigenvalue weighted by molar-refractivity contribution is -0.126. The van der Waals surface area contributed by atoms with Gasteiger partial charge in [-0.15, -0.1) is 0 Å². The van der Waals surface area contributed by atoms with Gasteiger partial charge < -0.3 is 19.7 Å². The number of carbonyl (C=O) groups excluding carboxylic acids is 2. The first kappa shape index (κ1) is 22.3. The van der Waals surface area contributed by atoms with E-state index in [0.717, 1.165) is 22.6 Å². The second-order valence-corrected chi connectivity index (χ2v) is 7.88. The Morgan fingerprint density at radius 1 is 0.970 bits per heavy atom. The van der Waals surface area contributed by atoms with Gasteiger partial charge in [0, 0.05) is 25.2 Å². The molecule has 0 aliphatic carbocycles. The number of hydrogen-bond donors (Lipinski definition) is 1. The van der Waals surface area contributed by atoms with Crippen LogP contribution in [-0.2, 0) is 22.7 Å². The normalized spacial score (nSPS) is 15.4. The van der Waals surface area contributed by atoms with Crippen LogP contribution in [0.1, 0.15) is 17.5 Å². The minimum absolute atomic E-state index is 0.0837. The molecular formula is C26H25FN2O4. The van der Waals surface area contributed by atoms with E-state index in [1.807, 2.05) is 24.3 Å². The van der Waals surface area contributed by atoms with Crippen molar-refractivity contribution in [3.8, 4) is 11.5 Å². The molecule has 1 fully saturated rings. The van der Waals surface area contributed by atoms with E-state index >= 15 is 0 Å². The minimum atomic E-state index is -0.398. The monoisotopic (exact) mass is 448 g/mol. The van der Waals surface area contributed by atoms with Gasteiger partial charge in [-0.3, -0.25) is 9.59 Å². The number of nitrogens with one attached hydrogen (secondary N) is 1. The Morgan fingerprint density at radius 3 is 2.27 bits per heavy atom. The maximum Gasteiger partial charge on any atom is 0.227 e. The zero-order valence-corrected chi connectivity index (χ0v) is 18.3. The molecule has 2 amide bonds. The number of amides is 2. The highest BCUT2D eigenvalue weighted by Gasteiger charge is 2.35. The lowest BCUT2D eigenvalue weighted by Gasteiger charge is -2.17. The molecule has 3 aromatic carbocycles. The van der Waals surface area contributed by atoms with E-state index in [4.69, 9.17) is 9.47 Å². The van der Waals surface area contributed by atoms with E-state index in [-0.39, 0.29) is 24.1 Å². The van der Waals surface area contributed by atoms with E-state index in [1.54, 1.807) is 48.4 Å². The SMILES string of the molecule is COc1ccc(CNC(=O)C2CC(=O)N(c3ccc(OCc4ccc(F)cc4)cc3)C2)cc1. The van der Waals surface area contributed by atoms with Gasteiger partial charge in [0.05, 0.1) is 13.0 Å². The molecule has 0 spiro atoms. The maximum absolute atomic E-state index is 13.0. The molecule has 33 heavy (non-hydrogen) atoms. The van der Waals surface area contributed by atoms with Gasteiger partial charge in [-0.25, -0.2) is 4.39 Å². The van der Waals surface area contributed by atoms with E-state index in [1.165, 1.54) is 12.1 Å². The highest BCUT2D eigenvalue weighted by atomic mass is 19.1. The van der Waals surface area contributed by atoms with Crippen LogP contribution in [0.5, 0.6) is 11.5 Å². The van der Waals surface area contributed by atoms with Crippen molar-refractivity contribution in [2.75, 3.05) is 18.6 Å². The number of rotatable bonds is 8. The highest BCUT2D eigenvalue weighted by molar-refractivity contribution is 6.00. The van der Waals surface area contributed by atoms with Crippen LogP contribution in [0, 0.1) is 11.7 Å². The number of carbonyl (C=O) groups is 2. The molecule has 1 N–H and O–H groups in total. The van der Waals surface area contributed by atoms with Crippen molar-refractivity contribution in [2.45, 2.75) is 19.6 Å². The zero-order valence-electron chi connectivity index (χ0n) is 18.3. The number of methoxy groups -OCH3 is 1. The predicted octanol–water partition coefficient (Wildman–Crippen LogP) is 4.08. The number of benzene rings is 3. The molecule has 1 saturated heterocycles. The summed E-state index contributed by atoms with van der Waals surface area (Å²) >= 11 is 0. The molecule has 0 radical (unpaired) electrons. The number of anilines is 1. The highest BCUT2D eigenvalue weighted by Crippen LogP contribution is 2.27. The standard InChI is InChI=1S/C26H25FN2O4/c1-32-23-10-4-18(5-11-23)15-28-26(31)20-14-25(30)29(16-20)22-8-12-24(13-9-22)33-17-19-2-6-21(27)7-3-19/h2-13,20H,14-17H2,1H3,(H,28,31). The van der Waals surface area contributed by atoms with Crippen molar-refractivity contribution in [1.29, 1.82) is 0 Å². The van der Waals surface area contributed by atoms with Crippen molar-refractivity contribution >= 4 is 17.5 Å². The second-order valence-electron chi connectivity index (χ2n) is 7.88. The molecule has 1 heterocycles. The summed E-state index contributed by atoms with van der Waals surface area (Å²) in [6.07, 6.45) is 0.178. The first-order valence-electron chi connectivity index (χ1n) is 10.7. The molecule has 1 aliphatic heterocycles. The van der Waals surface area contributed by atoms with Gasteiger partial charge in [0.15, 0.2) is 0 Å². The van der Waals surface area contributed by atoms with Gasteiger partial charge in [-0.1, -0.05) is 24.3 Å². The average molecular weight is 448 g/mol. The summed E-state index contributed by atoms with van der Waals surface area (Å²) < 4.78 is 23.9. The van der Waals surface area contributed by atoms with Crippen LogP contribution in [0.15, 0.2) is 72.8 Å². The van der Waals surface area contributed by atoms with Crippen LogP contribution in [0.4, 0.5) is 10.1 Å². The zero-order chi connectivity index (χ0) is 23.2. The van der Waals surface area contributed by atoms with Crippen molar-refractivity contribution in [3.05, 3.63) is 89.7 Å². The number of hydrogen-bond acceptors (Lipinski definition) is 4. The third-order valence-electron chi connectivity index (χ3n) is 5.59. The molecule has 4 rings (SSSR count). The summed E-state index contributed by atoms with van der Waals surface area (Å²) in [5, 5.41) is 2.91. The molecule has 0 saturated carbocycles. The van der Waals surface area contributed by atoms with Crippen LogP contribution in [-0.4, -0.2) is 25.5 Å². The third-order valence-corrected chi connectivity index (χ3v) is 5.59. The van der Waals surface area contributed by atoms with Crippen molar-refractivity contribution in [1.82, 2.24) is 5.32 Å². The Labute approximate surface area is 191 Å². The van der Waals surface area contributed by atoms with Crippen molar-refractivity contribution in [3.63, 3.8) is 0 Å². The topological polar surface area (TPSA) is 67.9 Å². The van der Waals surface area contributed by atoms with Crippen LogP contribution in [0.3, 0.4) is 0 Å². The molecule has 0 aromatic heterocycles. The minimum Gasteiger partial charge on any atom is -0.497 e. The van der Waals surface area contributed by atoms with Crippen LogP contribution in [0.2, 0.25) is 0 Å². The first-order valence-corrected chi connectivity index (χ1v) is 10.7. The van der Waals surface area contributed by atoms with E-state index in [2.05, 4.69) is 5.32 Å². The Balaban J connectivity index is 1.29. The van der Waals surface area contributed by atoms with Gasteiger partial charge in [0.1, 0.15) is 23.9 Å². The average Bonchev–Trinajstić information content (AvgIpc) is 3.24. The van der Waals surface area contributed by atoms with Crippen molar-refractivity contribution in [2.24, 2.45) is 5.92 Å². The number of halogens is 1. The second kappa shape index (κ2) is 10.2. The van der Waals surface area contributed by atoms with Gasteiger partial charge >= 0.3 is 0 Å². The maximum atomic E-state index is 13.0. The quantitative estimate of drug-likeness (QED) is 0.564. The van der Waals surface area contributed by atoms with E-state index in [0.29, 0.717) is 25.4 Å². The molecule has 7 heteroatoms. The molecule has 0 bridgehead atoms.